The van der Waals surface area contributed by atoms with Crippen LogP contribution in [0.1, 0.15) is 23.2 Å². The van der Waals surface area contributed by atoms with E-state index in [1.54, 1.807) is 12.1 Å². The number of halogens is 2. The van der Waals surface area contributed by atoms with Crippen LogP contribution in [0.15, 0.2) is 18.2 Å². The van der Waals surface area contributed by atoms with Gasteiger partial charge in [-0.2, -0.15) is 0 Å². The molecule has 0 spiro atoms. The minimum atomic E-state index is -0.861. The highest BCUT2D eigenvalue weighted by atomic mass is 35.5. The topological polar surface area (TPSA) is 57.6 Å². The van der Waals surface area contributed by atoms with Gasteiger partial charge in [0, 0.05) is 18.1 Å². The molecule has 1 atom stereocenters. The molecular weight excluding hydrogens is 289 g/mol. The lowest BCUT2D eigenvalue weighted by Crippen LogP contribution is -2.42. The van der Waals surface area contributed by atoms with E-state index in [0.29, 0.717) is 30.0 Å². The molecule has 1 aromatic rings. The van der Waals surface area contributed by atoms with Crippen molar-refractivity contribution in [2.75, 3.05) is 13.1 Å². The van der Waals surface area contributed by atoms with Crippen LogP contribution < -0.4 is 0 Å². The van der Waals surface area contributed by atoms with Crippen molar-refractivity contribution < 1.29 is 14.7 Å². The fourth-order valence-electron chi connectivity index (χ4n) is 2.20. The van der Waals surface area contributed by atoms with Gasteiger partial charge in [-0.25, -0.2) is 0 Å². The van der Waals surface area contributed by atoms with Gasteiger partial charge in [0.25, 0.3) is 5.91 Å². The van der Waals surface area contributed by atoms with Crippen LogP contribution in [0, 0.1) is 5.92 Å². The molecule has 102 valence electrons. The molecule has 0 aliphatic carbocycles. The molecule has 1 aliphatic heterocycles. The van der Waals surface area contributed by atoms with Crippen molar-refractivity contribution in [2.45, 2.75) is 12.8 Å². The Balaban J connectivity index is 2.17. The van der Waals surface area contributed by atoms with E-state index in [9.17, 15) is 9.59 Å². The summed E-state index contributed by atoms with van der Waals surface area (Å²) < 4.78 is 0. The SMILES string of the molecule is O=C(O)[C@@H]1CCCN(C(=O)c2ccc(Cl)cc2Cl)C1. The Morgan fingerprint density at radius 1 is 1.32 bits per heavy atom. The summed E-state index contributed by atoms with van der Waals surface area (Å²) in [4.78, 5) is 24.8. The average Bonchev–Trinajstić information content (AvgIpc) is 2.38. The van der Waals surface area contributed by atoms with Gasteiger partial charge in [-0.15, -0.1) is 0 Å². The predicted molar refractivity (Wildman–Crippen MR) is 72.7 cm³/mol. The zero-order valence-electron chi connectivity index (χ0n) is 10.1. The normalized spacial score (nSPS) is 19.3. The Labute approximate surface area is 120 Å². The maximum absolute atomic E-state index is 12.3. The number of carboxylic acid groups (broad SMARTS) is 1. The van der Waals surface area contributed by atoms with E-state index in [1.165, 1.54) is 11.0 Å². The van der Waals surface area contributed by atoms with Crippen LogP contribution in [0.5, 0.6) is 0 Å². The fourth-order valence-corrected chi connectivity index (χ4v) is 2.69. The molecule has 1 aliphatic rings. The molecule has 1 saturated heterocycles. The Bertz CT molecular complexity index is 519. The molecule has 1 amide bonds. The highest BCUT2D eigenvalue weighted by Gasteiger charge is 2.29. The van der Waals surface area contributed by atoms with Crippen LogP contribution in [-0.4, -0.2) is 35.0 Å². The Morgan fingerprint density at radius 2 is 2.05 bits per heavy atom. The first-order chi connectivity index (χ1) is 8.99. The zero-order chi connectivity index (χ0) is 14.0. The van der Waals surface area contributed by atoms with Crippen LogP contribution in [-0.2, 0) is 4.79 Å². The summed E-state index contributed by atoms with van der Waals surface area (Å²) in [6.07, 6.45) is 1.29. The summed E-state index contributed by atoms with van der Waals surface area (Å²) >= 11 is 11.8. The summed E-state index contributed by atoms with van der Waals surface area (Å²) in [6, 6.07) is 4.67. The third-order valence-corrected chi connectivity index (χ3v) is 3.77. The van der Waals surface area contributed by atoms with E-state index in [-0.39, 0.29) is 17.5 Å². The first-order valence-corrected chi connectivity index (χ1v) is 6.72. The smallest absolute Gasteiger partial charge is 0.308 e. The third kappa shape index (κ3) is 3.19. The van der Waals surface area contributed by atoms with Crippen LogP contribution in [0.25, 0.3) is 0 Å². The molecule has 19 heavy (non-hydrogen) atoms. The Morgan fingerprint density at radius 3 is 2.68 bits per heavy atom. The number of nitrogens with zero attached hydrogens (tertiary/aromatic N) is 1. The minimum absolute atomic E-state index is 0.229. The van der Waals surface area contributed by atoms with Crippen LogP contribution in [0.4, 0.5) is 0 Å². The van der Waals surface area contributed by atoms with Gasteiger partial charge in [0.05, 0.1) is 16.5 Å². The first kappa shape index (κ1) is 14.2. The van der Waals surface area contributed by atoms with Crippen molar-refractivity contribution >= 4 is 35.1 Å². The second kappa shape index (κ2) is 5.80. The van der Waals surface area contributed by atoms with E-state index >= 15 is 0 Å². The molecule has 0 saturated carbocycles. The molecule has 0 aromatic heterocycles. The molecular formula is C13H13Cl2NO3. The first-order valence-electron chi connectivity index (χ1n) is 5.96. The molecule has 6 heteroatoms. The van der Waals surface area contributed by atoms with Gasteiger partial charge >= 0.3 is 5.97 Å². The van der Waals surface area contributed by atoms with Gasteiger partial charge in [0.1, 0.15) is 0 Å². The minimum Gasteiger partial charge on any atom is -0.481 e. The molecule has 1 heterocycles. The van der Waals surface area contributed by atoms with Gasteiger partial charge in [0.15, 0.2) is 0 Å². The number of benzene rings is 1. The summed E-state index contributed by atoms with van der Waals surface area (Å²) in [5.41, 5.74) is 0.358. The number of hydrogen-bond acceptors (Lipinski definition) is 2. The molecule has 4 nitrogen and oxygen atoms in total. The standard InChI is InChI=1S/C13H13Cl2NO3/c14-9-3-4-10(11(15)6-9)12(17)16-5-1-2-8(7-16)13(18)19/h3-4,6,8H,1-2,5,7H2,(H,18,19)/t8-/m1/s1. The monoisotopic (exact) mass is 301 g/mol. The van der Waals surface area contributed by atoms with E-state index < -0.39 is 11.9 Å². The lowest BCUT2D eigenvalue weighted by molar-refractivity contribution is -0.143. The van der Waals surface area contributed by atoms with Crippen molar-refractivity contribution in [3.63, 3.8) is 0 Å². The molecule has 0 bridgehead atoms. The highest BCUT2D eigenvalue weighted by Crippen LogP contribution is 2.25. The van der Waals surface area contributed by atoms with Crippen LogP contribution in [0.3, 0.4) is 0 Å². The van der Waals surface area contributed by atoms with Crippen LogP contribution >= 0.6 is 23.2 Å². The van der Waals surface area contributed by atoms with Crippen LogP contribution in [0.2, 0.25) is 10.0 Å². The zero-order valence-corrected chi connectivity index (χ0v) is 11.6. The second-order valence-electron chi connectivity index (χ2n) is 4.55. The molecule has 1 aromatic carbocycles. The average molecular weight is 302 g/mol. The van der Waals surface area contributed by atoms with E-state index in [2.05, 4.69) is 0 Å². The summed E-state index contributed by atoms with van der Waals surface area (Å²) in [7, 11) is 0. The molecule has 0 unspecified atom stereocenters. The molecule has 2 rings (SSSR count). The second-order valence-corrected chi connectivity index (χ2v) is 5.40. The number of carboxylic acids is 1. The summed E-state index contributed by atoms with van der Waals surface area (Å²) in [5.74, 6) is -1.60. The molecule has 1 N–H and O–H groups in total. The van der Waals surface area contributed by atoms with Crippen molar-refractivity contribution in [1.29, 1.82) is 0 Å². The van der Waals surface area contributed by atoms with E-state index in [0.717, 1.165) is 0 Å². The maximum Gasteiger partial charge on any atom is 0.308 e. The Hall–Kier alpha value is -1.26. The molecule has 1 fully saturated rings. The van der Waals surface area contributed by atoms with E-state index in [4.69, 9.17) is 28.3 Å². The third-order valence-electron chi connectivity index (χ3n) is 3.22. The van der Waals surface area contributed by atoms with Crippen molar-refractivity contribution in [3.05, 3.63) is 33.8 Å². The number of hydrogen-bond donors (Lipinski definition) is 1. The largest absolute Gasteiger partial charge is 0.481 e. The number of amides is 1. The van der Waals surface area contributed by atoms with Crippen molar-refractivity contribution in [3.8, 4) is 0 Å². The van der Waals surface area contributed by atoms with Gasteiger partial charge in [0.2, 0.25) is 0 Å². The van der Waals surface area contributed by atoms with Crippen molar-refractivity contribution in [1.82, 2.24) is 4.90 Å². The van der Waals surface area contributed by atoms with Gasteiger partial charge in [-0.3, -0.25) is 9.59 Å². The lowest BCUT2D eigenvalue weighted by atomic mass is 9.97. The number of likely N-dealkylation sites (tertiary alicyclic amines) is 1. The quantitative estimate of drug-likeness (QED) is 0.914. The maximum atomic E-state index is 12.3. The fraction of sp³-hybridized carbons (Fsp3) is 0.385. The highest BCUT2D eigenvalue weighted by molar-refractivity contribution is 6.36. The van der Waals surface area contributed by atoms with Crippen molar-refractivity contribution in [2.24, 2.45) is 5.92 Å². The predicted octanol–water partition coefficient (Wildman–Crippen LogP) is 2.93. The number of aliphatic carboxylic acids is 1. The number of rotatable bonds is 2. The Kier molecular flexibility index (Phi) is 4.32. The lowest BCUT2D eigenvalue weighted by Gasteiger charge is -2.31. The van der Waals surface area contributed by atoms with Gasteiger partial charge in [-0.1, -0.05) is 23.2 Å². The van der Waals surface area contributed by atoms with Gasteiger partial charge < -0.3 is 10.0 Å². The number of carbonyl (C=O) groups excluding carboxylic acids is 1. The summed E-state index contributed by atoms with van der Waals surface area (Å²) in [6.45, 7) is 0.786. The van der Waals surface area contributed by atoms with E-state index in [1.807, 2.05) is 0 Å². The molecule has 0 radical (unpaired) electrons. The van der Waals surface area contributed by atoms with Gasteiger partial charge in [-0.05, 0) is 31.0 Å². The summed E-state index contributed by atoms with van der Waals surface area (Å²) in [5, 5.41) is 9.77. The number of piperidine rings is 1. The number of carbonyl (C=O) groups is 2.